The number of anilines is 1. The molecule has 1 heterocycles. The Hall–Kier alpha value is -1.18. The maximum absolute atomic E-state index is 5.88. The summed E-state index contributed by atoms with van der Waals surface area (Å²) in [6.45, 7) is 2.98. The van der Waals surface area contributed by atoms with Crippen molar-refractivity contribution in [3.8, 4) is 5.75 Å². The van der Waals surface area contributed by atoms with E-state index in [-0.39, 0.29) is 5.54 Å². The van der Waals surface area contributed by atoms with Crippen molar-refractivity contribution in [2.75, 3.05) is 11.9 Å². The Balaban J connectivity index is 1.98. The van der Waals surface area contributed by atoms with Gasteiger partial charge in [-0.3, -0.25) is 0 Å². The van der Waals surface area contributed by atoms with Crippen LogP contribution in [0.2, 0.25) is 0 Å². The first-order valence-electron chi connectivity index (χ1n) is 5.80. The van der Waals surface area contributed by atoms with E-state index in [1.807, 2.05) is 0 Å². The number of aryl methyl sites for hydroxylation is 1. The van der Waals surface area contributed by atoms with Crippen molar-refractivity contribution in [1.29, 1.82) is 0 Å². The lowest BCUT2D eigenvalue weighted by Gasteiger charge is -2.37. The van der Waals surface area contributed by atoms with Gasteiger partial charge in [-0.25, -0.2) is 0 Å². The molecule has 0 aromatic heterocycles. The van der Waals surface area contributed by atoms with Crippen LogP contribution in [0.1, 0.15) is 31.2 Å². The minimum absolute atomic E-state index is 0.235. The number of ether oxygens (including phenoxy) is 1. The van der Waals surface area contributed by atoms with E-state index in [0.717, 1.165) is 12.4 Å². The number of nitrogens with one attached hydrogen (secondary N) is 1. The van der Waals surface area contributed by atoms with E-state index in [2.05, 4.69) is 30.4 Å². The van der Waals surface area contributed by atoms with E-state index in [9.17, 15) is 0 Å². The van der Waals surface area contributed by atoms with E-state index in [1.165, 1.54) is 36.9 Å². The maximum Gasteiger partial charge on any atom is 0.142 e. The van der Waals surface area contributed by atoms with Crippen LogP contribution in [0, 0.1) is 6.92 Å². The average molecular weight is 203 g/mol. The predicted molar refractivity (Wildman–Crippen MR) is 61.5 cm³/mol. The summed E-state index contributed by atoms with van der Waals surface area (Å²) < 4.78 is 5.88. The average Bonchev–Trinajstić information content (AvgIpc) is 2.68. The molecule has 2 aliphatic rings. The molecule has 80 valence electrons. The number of fused-ring (bicyclic) bond motifs is 1. The molecular formula is C13H17NO. The van der Waals surface area contributed by atoms with Crippen LogP contribution in [0.25, 0.3) is 0 Å². The van der Waals surface area contributed by atoms with Crippen LogP contribution in [-0.4, -0.2) is 12.1 Å². The summed E-state index contributed by atoms with van der Waals surface area (Å²) in [7, 11) is 0. The van der Waals surface area contributed by atoms with Crippen LogP contribution in [0.4, 0.5) is 5.69 Å². The summed E-state index contributed by atoms with van der Waals surface area (Å²) in [6, 6.07) is 6.25. The number of rotatable bonds is 0. The standard InChI is InChI=1S/C13H17NO/c1-10-5-4-6-11-12(10)14-13(9-15-11)7-2-3-8-13/h4-6,14H,2-3,7-9H2,1H3. The van der Waals surface area contributed by atoms with E-state index in [0.29, 0.717) is 0 Å². The van der Waals surface area contributed by atoms with Gasteiger partial charge in [-0.2, -0.15) is 0 Å². The van der Waals surface area contributed by atoms with Gasteiger partial charge in [-0.05, 0) is 31.4 Å². The van der Waals surface area contributed by atoms with E-state index >= 15 is 0 Å². The van der Waals surface area contributed by atoms with Gasteiger partial charge in [0.15, 0.2) is 0 Å². The molecule has 1 aliphatic heterocycles. The van der Waals surface area contributed by atoms with Gasteiger partial charge in [0.1, 0.15) is 12.4 Å². The molecule has 1 aromatic rings. The zero-order chi connectivity index (χ0) is 10.3. The van der Waals surface area contributed by atoms with Crippen LogP contribution in [-0.2, 0) is 0 Å². The van der Waals surface area contributed by atoms with Gasteiger partial charge in [0.2, 0.25) is 0 Å². The molecule has 1 saturated carbocycles. The van der Waals surface area contributed by atoms with Crippen molar-refractivity contribution >= 4 is 5.69 Å². The summed E-state index contributed by atoms with van der Waals surface area (Å²) in [4.78, 5) is 0. The highest BCUT2D eigenvalue weighted by atomic mass is 16.5. The fraction of sp³-hybridized carbons (Fsp3) is 0.538. The molecule has 1 aromatic carbocycles. The molecule has 2 nitrogen and oxygen atoms in total. The topological polar surface area (TPSA) is 21.3 Å². The minimum Gasteiger partial charge on any atom is -0.489 e. The van der Waals surface area contributed by atoms with Crippen molar-refractivity contribution in [2.45, 2.75) is 38.1 Å². The molecule has 0 saturated heterocycles. The third-order valence-electron chi connectivity index (χ3n) is 3.69. The van der Waals surface area contributed by atoms with Crippen molar-refractivity contribution in [3.63, 3.8) is 0 Å². The first-order chi connectivity index (χ1) is 7.29. The Bertz CT molecular complexity index is 380. The first kappa shape index (κ1) is 9.08. The molecule has 15 heavy (non-hydrogen) atoms. The molecule has 0 bridgehead atoms. The summed E-state index contributed by atoms with van der Waals surface area (Å²) in [5, 5.41) is 3.72. The second-order valence-corrected chi connectivity index (χ2v) is 4.85. The Labute approximate surface area is 90.6 Å². The number of hydrogen-bond donors (Lipinski definition) is 1. The quantitative estimate of drug-likeness (QED) is 0.699. The highest BCUT2D eigenvalue weighted by molar-refractivity contribution is 5.64. The van der Waals surface area contributed by atoms with Crippen molar-refractivity contribution in [1.82, 2.24) is 0 Å². The lowest BCUT2D eigenvalue weighted by molar-refractivity contribution is 0.220. The van der Waals surface area contributed by atoms with Crippen molar-refractivity contribution < 1.29 is 4.74 Å². The lowest BCUT2D eigenvalue weighted by Crippen LogP contribution is -2.44. The molecule has 1 spiro atoms. The van der Waals surface area contributed by atoms with E-state index in [1.54, 1.807) is 0 Å². The van der Waals surface area contributed by atoms with Crippen molar-refractivity contribution in [2.24, 2.45) is 0 Å². The molecule has 1 fully saturated rings. The van der Waals surface area contributed by atoms with E-state index < -0.39 is 0 Å². The lowest BCUT2D eigenvalue weighted by atomic mass is 9.95. The number of benzene rings is 1. The molecule has 3 rings (SSSR count). The number of para-hydroxylation sites is 1. The van der Waals surface area contributed by atoms with Gasteiger partial charge in [-0.15, -0.1) is 0 Å². The third-order valence-corrected chi connectivity index (χ3v) is 3.69. The SMILES string of the molecule is Cc1cccc2c1NC1(CCCC1)CO2. The van der Waals surface area contributed by atoms with Gasteiger partial charge < -0.3 is 10.1 Å². The summed E-state index contributed by atoms with van der Waals surface area (Å²) in [6.07, 6.45) is 5.16. The molecule has 0 atom stereocenters. The van der Waals surface area contributed by atoms with Crippen LogP contribution in [0.15, 0.2) is 18.2 Å². The largest absolute Gasteiger partial charge is 0.489 e. The highest BCUT2D eigenvalue weighted by Gasteiger charge is 2.38. The summed E-state index contributed by atoms with van der Waals surface area (Å²) >= 11 is 0. The fourth-order valence-electron chi connectivity index (χ4n) is 2.76. The maximum atomic E-state index is 5.88. The molecule has 0 unspecified atom stereocenters. The normalized spacial score (nSPS) is 21.9. The molecule has 0 radical (unpaired) electrons. The van der Waals surface area contributed by atoms with Gasteiger partial charge in [-0.1, -0.05) is 25.0 Å². The second-order valence-electron chi connectivity index (χ2n) is 4.85. The van der Waals surface area contributed by atoms with Gasteiger partial charge in [0.05, 0.1) is 11.2 Å². The Morgan fingerprint density at radius 3 is 2.87 bits per heavy atom. The Kier molecular flexibility index (Phi) is 1.91. The minimum atomic E-state index is 0.235. The fourth-order valence-corrected chi connectivity index (χ4v) is 2.76. The molecule has 1 N–H and O–H groups in total. The zero-order valence-corrected chi connectivity index (χ0v) is 9.18. The predicted octanol–water partition coefficient (Wildman–Crippen LogP) is 3.11. The summed E-state index contributed by atoms with van der Waals surface area (Å²) in [5.74, 6) is 1.02. The third kappa shape index (κ3) is 1.39. The van der Waals surface area contributed by atoms with Crippen molar-refractivity contribution in [3.05, 3.63) is 23.8 Å². The van der Waals surface area contributed by atoms with Gasteiger partial charge >= 0.3 is 0 Å². The monoisotopic (exact) mass is 203 g/mol. The Morgan fingerprint density at radius 1 is 1.27 bits per heavy atom. The molecule has 0 amide bonds. The van der Waals surface area contributed by atoms with Crippen LogP contribution < -0.4 is 10.1 Å². The van der Waals surface area contributed by atoms with E-state index in [4.69, 9.17) is 4.74 Å². The summed E-state index contributed by atoms with van der Waals surface area (Å²) in [5.41, 5.74) is 2.74. The first-order valence-corrected chi connectivity index (χ1v) is 5.80. The second kappa shape index (κ2) is 3.16. The highest BCUT2D eigenvalue weighted by Crippen LogP contribution is 2.41. The van der Waals surface area contributed by atoms with Crippen LogP contribution in [0.5, 0.6) is 5.75 Å². The van der Waals surface area contributed by atoms with Gasteiger partial charge in [0, 0.05) is 0 Å². The van der Waals surface area contributed by atoms with Crippen LogP contribution in [0.3, 0.4) is 0 Å². The zero-order valence-electron chi connectivity index (χ0n) is 9.18. The smallest absolute Gasteiger partial charge is 0.142 e. The Morgan fingerprint density at radius 2 is 2.07 bits per heavy atom. The van der Waals surface area contributed by atoms with Gasteiger partial charge in [0.25, 0.3) is 0 Å². The van der Waals surface area contributed by atoms with Crippen LogP contribution >= 0.6 is 0 Å². The number of hydrogen-bond acceptors (Lipinski definition) is 2. The molecule has 1 aliphatic carbocycles. The molecular weight excluding hydrogens is 186 g/mol. The molecule has 2 heteroatoms.